The molecule has 1 aliphatic heterocycles. The SMILES string of the molecule is CCC(C)C(NC(=O)C(C)NC(=O)C1CCCN1C(=O)C(N)CS)C(=O)O. The van der Waals surface area contributed by atoms with Crippen molar-refractivity contribution in [2.75, 3.05) is 12.3 Å². The number of thiol groups is 1. The van der Waals surface area contributed by atoms with E-state index in [0.717, 1.165) is 0 Å². The molecule has 0 aliphatic carbocycles. The molecule has 1 rings (SSSR count). The number of carbonyl (C=O) groups excluding carboxylic acids is 3. The highest BCUT2D eigenvalue weighted by Gasteiger charge is 2.37. The maximum atomic E-state index is 12.5. The van der Waals surface area contributed by atoms with Gasteiger partial charge in [-0.1, -0.05) is 20.3 Å². The number of carboxylic acids is 1. The fourth-order valence-electron chi connectivity index (χ4n) is 2.93. The molecule has 0 radical (unpaired) electrons. The van der Waals surface area contributed by atoms with Crippen molar-refractivity contribution in [2.24, 2.45) is 11.7 Å². The molecule has 1 heterocycles. The molecule has 27 heavy (non-hydrogen) atoms. The van der Waals surface area contributed by atoms with Crippen molar-refractivity contribution in [2.45, 2.75) is 64.2 Å². The standard InChI is InChI=1S/C17H30N4O5S/c1-4-9(2)13(17(25)26)20-14(22)10(3)19-15(23)12-6-5-7-21(12)16(24)11(18)8-27/h9-13,27H,4-8,18H2,1-3H3,(H,19,23)(H,20,22)(H,25,26). The van der Waals surface area contributed by atoms with Crippen molar-refractivity contribution in [1.29, 1.82) is 0 Å². The van der Waals surface area contributed by atoms with Gasteiger partial charge in [-0.05, 0) is 25.7 Å². The Morgan fingerprint density at radius 2 is 1.89 bits per heavy atom. The number of rotatable bonds is 9. The second kappa shape index (κ2) is 10.5. The molecular formula is C17H30N4O5S. The third-order valence-electron chi connectivity index (χ3n) is 4.88. The molecule has 5 unspecified atom stereocenters. The zero-order valence-electron chi connectivity index (χ0n) is 16.0. The number of nitrogens with one attached hydrogen (secondary N) is 2. The molecule has 0 aromatic heterocycles. The predicted molar refractivity (Wildman–Crippen MR) is 103 cm³/mol. The normalized spacial score (nSPS) is 21.1. The number of amides is 3. The topological polar surface area (TPSA) is 142 Å². The summed E-state index contributed by atoms with van der Waals surface area (Å²) in [4.78, 5) is 49.9. The van der Waals surface area contributed by atoms with E-state index in [2.05, 4.69) is 23.3 Å². The molecule has 0 saturated carbocycles. The van der Waals surface area contributed by atoms with Gasteiger partial charge in [0.2, 0.25) is 17.7 Å². The van der Waals surface area contributed by atoms with Crippen molar-refractivity contribution in [1.82, 2.24) is 15.5 Å². The lowest BCUT2D eigenvalue weighted by Crippen LogP contribution is -2.56. The van der Waals surface area contributed by atoms with Crippen LogP contribution in [-0.2, 0) is 19.2 Å². The number of aliphatic carboxylic acids is 1. The molecule has 1 aliphatic rings. The van der Waals surface area contributed by atoms with Crippen LogP contribution in [0.15, 0.2) is 0 Å². The van der Waals surface area contributed by atoms with E-state index >= 15 is 0 Å². The van der Waals surface area contributed by atoms with E-state index < -0.39 is 42.0 Å². The Balaban J connectivity index is 2.70. The molecule has 154 valence electrons. The van der Waals surface area contributed by atoms with Crippen LogP contribution >= 0.6 is 12.6 Å². The molecule has 0 bridgehead atoms. The predicted octanol–water partition coefficient (Wildman–Crippen LogP) is -0.645. The van der Waals surface area contributed by atoms with E-state index in [1.165, 1.54) is 11.8 Å². The Hall–Kier alpha value is -1.81. The van der Waals surface area contributed by atoms with Crippen LogP contribution in [0.4, 0.5) is 0 Å². The minimum Gasteiger partial charge on any atom is -0.480 e. The van der Waals surface area contributed by atoms with Crippen LogP contribution in [-0.4, -0.2) is 70.2 Å². The molecule has 5 atom stereocenters. The highest BCUT2D eigenvalue weighted by atomic mass is 32.1. The Labute approximate surface area is 164 Å². The number of hydrogen-bond donors (Lipinski definition) is 5. The van der Waals surface area contributed by atoms with Gasteiger partial charge in [-0.25, -0.2) is 4.79 Å². The molecule has 0 aromatic carbocycles. The van der Waals surface area contributed by atoms with Crippen LogP contribution in [0.1, 0.15) is 40.0 Å². The van der Waals surface area contributed by atoms with E-state index in [-0.39, 0.29) is 17.6 Å². The molecule has 10 heteroatoms. The first-order chi connectivity index (χ1) is 12.6. The Morgan fingerprint density at radius 3 is 2.41 bits per heavy atom. The monoisotopic (exact) mass is 402 g/mol. The number of likely N-dealkylation sites (tertiary alicyclic amines) is 1. The number of nitrogens with zero attached hydrogens (tertiary/aromatic N) is 1. The highest BCUT2D eigenvalue weighted by molar-refractivity contribution is 7.80. The molecule has 5 N–H and O–H groups in total. The lowest BCUT2D eigenvalue weighted by Gasteiger charge is -2.28. The second-order valence-corrected chi connectivity index (χ2v) is 7.28. The molecule has 0 aromatic rings. The largest absolute Gasteiger partial charge is 0.480 e. The summed E-state index contributed by atoms with van der Waals surface area (Å²) in [5.41, 5.74) is 5.71. The van der Waals surface area contributed by atoms with Gasteiger partial charge in [0.1, 0.15) is 18.1 Å². The zero-order valence-corrected chi connectivity index (χ0v) is 16.9. The Kier molecular flexibility index (Phi) is 9.04. The molecule has 1 saturated heterocycles. The van der Waals surface area contributed by atoms with E-state index in [4.69, 9.17) is 5.73 Å². The molecular weight excluding hydrogens is 372 g/mol. The quantitative estimate of drug-likeness (QED) is 0.325. The fourth-order valence-corrected chi connectivity index (χ4v) is 3.09. The van der Waals surface area contributed by atoms with Gasteiger partial charge < -0.3 is 26.4 Å². The minimum absolute atomic E-state index is 0.175. The van der Waals surface area contributed by atoms with Crippen LogP contribution in [0, 0.1) is 5.92 Å². The van der Waals surface area contributed by atoms with Crippen molar-refractivity contribution < 1.29 is 24.3 Å². The van der Waals surface area contributed by atoms with Gasteiger partial charge in [0, 0.05) is 12.3 Å². The lowest BCUT2D eigenvalue weighted by molar-refractivity contribution is -0.144. The highest BCUT2D eigenvalue weighted by Crippen LogP contribution is 2.18. The van der Waals surface area contributed by atoms with Gasteiger partial charge in [0.05, 0.1) is 6.04 Å². The molecule has 9 nitrogen and oxygen atoms in total. The summed E-state index contributed by atoms with van der Waals surface area (Å²) in [6.45, 7) is 5.46. The lowest BCUT2D eigenvalue weighted by atomic mass is 9.99. The van der Waals surface area contributed by atoms with E-state index in [1.807, 2.05) is 6.92 Å². The maximum Gasteiger partial charge on any atom is 0.326 e. The molecule has 3 amide bonds. The van der Waals surface area contributed by atoms with Gasteiger partial charge >= 0.3 is 5.97 Å². The molecule has 0 spiro atoms. The van der Waals surface area contributed by atoms with Crippen LogP contribution in [0.25, 0.3) is 0 Å². The zero-order chi connectivity index (χ0) is 20.7. The first-order valence-corrected chi connectivity index (χ1v) is 9.77. The average Bonchev–Trinajstić information content (AvgIpc) is 3.13. The Morgan fingerprint density at radius 1 is 1.26 bits per heavy atom. The van der Waals surface area contributed by atoms with E-state index in [0.29, 0.717) is 25.8 Å². The summed E-state index contributed by atoms with van der Waals surface area (Å²) < 4.78 is 0. The first kappa shape index (κ1) is 23.2. The first-order valence-electron chi connectivity index (χ1n) is 9.14. The second-order valence-electron chi connectivity index (χ2n) is 6.92. The summed E-state index contributed by atoms with van der Waals surface area (Å²) in [6, 6.07) is -3.43. The van der Waals surface area contributed by atoms with Gasteiger partial charge in [0.25, 0.3) is 0 Å². The van der Waals surface area contributed by atoms with Crippen LogP contribution in [0.2, 0.25) is 0 Å². The number of nitrogens with two attached hydrogens (primary N) is 1. The van der Waals surface area contributed by atoms with E-state index in [1.54, 1.807) is 6.92 Å². The van der Waals surface area contributed by atoms with Crippen molar-refractivity contribution >= 4 is 36.3 Å². The smallest absolute Gasteiger partial charge is 0.326 e. The van der Waals surface area contributed by atoms with Crippen LogP contribution < -0.4 is 16.4 Å². The summed E-state index contributed by atoms with van der Waals surface area (Å²) in [5, 5.41) is 14.3. The average molecular weight is 403 g/mol. The minimum atomic E-state index is -1.12. The number of hydrogen-bond acceptors (Lipinski definition) is 6. The third kappa shape index (κ3) is 6.10. The number of carbonyl (C=O) groups is 4. The number of carboxylic acid groups (broad SMARTS) is 1. The van der Waals surface area contributed by atoms with Gasteiger partial charge in [0.15, 0.2) is 0 Å². The van der Waals surface area contributed by atoms with E-state index in [9.17, 15) is 24.3 Å². The van der Waals surface area contributed by atoms with Gasteiger partial charge in [-0.3, -0.25) is 14.4 Å². The third-order valence-corrected chi connectivity index (χ3v) is 5.27. The fraction of sp³-hybridized carbons (Fsp3) is 0.765. The maximum absolute atomic E-state index is 12.5. The van der Waals surface area contributed by atoms with Gasteiger partial charge in [-0.2, -0.15) is 12.6 Å². The van der Waals surface area contributed by atoms with Crippen LogP contribution in [0.5, 0.6) is 0 Å². The van der Waals surface area contributed by atoms with Crippen molar-refractivity contribution in [3.63, 3.8) is 0 Å². The van der Waals surface area contributed by atoms with Gasteiger partial charge in [-0.15, -0.1) is 0 Å². The molecule has 1 fully saturated rings. The summed E-state index contributed by atoms with van der Waals surface area (Å²) in [7, 11) is 0. The summed E-state index contributed by atoms with van der Waals surface area (Å²) >= 11 is 4.01. The van der Waals surface area contributed by atoms with Crippen molar-refractivity contribution in [3.05, 3.63) is 0 Å². The summed E-state index contributed by atoms with van der Waals surface area (Å²) in [6.07, 6.45) is 1.73. The summed E-state index contributed by atoms with van der Waals surface area (Å²) in [5.74, 6) is -2.58. The Bertz CT molecular complexity index is 574. The van der Waals surface area contributed by atoms with Crippen molar-refractivity contribution in [3.8, 4) is 0 Å². The van der Waals surface area contributed by atoms with Crippen LogP contribution in [0.3, 0.4) is 0 Å².